The van der Waals surface area contributed by atoms with Gasteiger partial charge in [-0.3, -0.25) is 4.90 Å². The second-order valence-electron chi connectivity index (χ2n) is 9.79. The van der Waals surface area contributed by atoms with E-state index in [1.807, 2.05) is 12.1 Å². The van der Waals surface area contributed by atoms with E-state index in [0.717, 1.165) is 49.5 Å². The van der Waals surface area contributed by atoms with E-state index < -0.39 is 0 Å². The molecule has 0 bridgehead atoms. The zero-order valence-electron chi connectivity index (χ0n) is 20.8. The van der Waals surface area contributed by atoms with Crippen LogP contribution in [0.3, 0.4) is 0 Å². The number of benzene rings is 2. The number of methoxy groups -OCH3 is 3. The Morgan fingerprint density at radius 1 is 0.848 bits per heavy atom. The molecule has 1 heterocycles. The highest BCUT2D eigenvalue weighted by Crippen LogP contribution is 2.37. The van der Waals surface area contributed by atoms with Crippen molar-refractivity contribution in [3.8, 4) is 17.2 Å². The van der Waals surface area contributed by atoms with Gasteiger partial charge in [0, 0.05) is 44.2 Å². The topological polar surface area (TPSA) is 34.2 Å². The van der Waals surface area contributed by atoms with Crippen LogP contribution in [0.5, 0.6) is 17.2 Å². The molecule has 33 heavy (non-hydrogen) atoms. The summed E-state index contributed by atoms with van der Waals surface area (Å²) in [4.78, 5) is 5.24. The second kappa shape index (κ2) is 11.3. The molecule has 0 spiro atoms. The van der Waals surface area contributed by atoms with Crippen molar-refractivity contribution in [3.05, 3.63) is 53.6 Å². The summed E-state index contributed by atoms with van der Waals surface area (Å²) in [5.41, 5.74) is 2.62. The van der Waals surface area contributed by atoms with Gasteiger partial charge in [0.15, 0.2) is 0 Å². The van der Waals surface area contributed by atoms with Gasteiger partial charge in [0.2, 0.25) is 0 Å². The van der Waals surface area contributed by atoms with Gasteiger partial charge in [0.05, 0.1) is 21.3 Å². The molecule has 5 heteroatoms. The van der Waals surface area contributed by atoms with E-state index in [0.29, 0.717) is 11.8 Å². The van der Waals surface area contributed by atoms with Crippen LogP contribution < -0.4 is 14.2 Å². The summed E-state index contributed by atoms with van der Waals surface area (Å²) >= 11 is 0. The van der Waals surface area contributed by atoms with E-state index in [2.05, 4.69) is 47.2 Å². The summed E-state index contributed by atoms with van der Waals surface area (Å²) in [6.45, 7) is 4.19. The number of hydrogen-bond acceptors (Lipinski definition) is 5. The summed E-state index contributed by atoms with van der Waals surface area (Å²) in [6.07, 6.45) is 6.85. The lowest BCUT2D eigenvalue weighted by atomic mass is 9.87. The van der Waals surface area contributed by atoms with Crippen LogP contribution in [-0.2, 0) is 6.54 Å². The number of rotatable bonds is 9. The van der Waals surface area contributed by atoms with Crippen LogP contribution in [0.1, 0.15) is 49.1 Å². The van der Waals surface area contributed by atoms with Crippen molar-refractivity contribution in [1.29, 1.82) is 0 Å². The molecule has 4 rings (SSSR count). The van der Waals surface area contributed by atoms with Crippen LogP contribution in [0.15, 0.2) is 42.5 Å². The highest BCUT2D eigenvalue weighted by molar-refractivity contribution is 5.38. The van der Waals surface area contributed by atoms with Crippen molar-refractivity contribution in [2.45, 2.75) is 50.6 Å². The SMILES string of the molecule is COc1cc(CN2CC(CN(C)C3CCCCC3)C(c3cccc(OC)c3)C2)cc(OC)c1. The molecule has 2 aromatic rings. The average molecular weight is 453 g/mol. The normalized spacial score (nSPS) is 22.0. The molecule has 2 fully saturated rings. The van der Waals surface area contributed by atoms with E-state index in [9.17, 15) is 0 Å². The molecule has 0 N–H and O–H groups in total. The Hall–Kier alpha value is -2.24. The largest absolute Gasteiger partial charge is 0.497 e. The van der Waals surface area contributed by atoms with Crippen molar-refractivity contribution in [3.63, 3.8) is 0 Å². The highest BCUT2D eigenvalue weighted by atomic mass is 16.5. The summed E-state index contributed by atoms with van der Waals surface area (Å²) in [5, 5.41) is 0. The van der Waals surface area contributed by atoms with Gasteiger partial charge in [-0.25, -0.2) is 0 Å². The van der Waals surface area contributed by atoms with E-state index in [-0.39, 0.29) is 0 Å². The van der Waals surface area contributed by atoms with Crippen molar-refractivity contribution < 1.29 is 14.2 Å². The fourth-order valence-electron chi connectivity index (χ4n) is 5.78. The molecular weight excluding hydrogens is 412 g/mol. The zero-order chi connectivity index (χ0) is 23.2. The van der Waals surface area contributed by atoms with Gasteiger partial charge in [-0.2, -0.15) is 0 Å². The molecule has 1 aliphatic heterocycles. The minimum atomic E-state index is 0.499. The zero-order valence-corrected chi connectivity index (χ0v) is 20.8. The first-order chi connectivity index (χ1) is 16.1. The minimum Gasteiger partial charge on any atom is -0.497 e. The second-order valence-corrected chi connectivity index (χ2v) is 9.79. The number of ether oxygens (including phenoxy) is 3. The Morgan fingerprint density at radius 3 is 2.21 bits per heavy atom. The molecule has 1 aliphatic carbocycles. The standard InChI is InChI=1S/C28H40N2O3/c1-29(24-10-6-5-7-11-24)18-23-19-30(17-21-13-26(32-3)16-27(14-21)33-4)20-28(23)22-9-8-12-25(15-22)31-2/h8-9,12-16,23-24,28H,5-7,10-11,17-20H2,1-4H3. The average Bonchev–Trinajstić information content (AvgIpc) is 3.26. The fourth-order valence-corrected chi connectivity index (χ4v) is 5.78. The van der Waals surface area contributed by atoms with Crippen LogP contribution in [0, 0.1) is 5.92 Å². The Kier molecular flexibility index (Phi) is 8.15. The molecule has 0 aromatic heterocycles. The predicted octanol–water partition coefficient (Wildman–Crippen LogP) is 5.19. The van der Waals surface area contributed by atoms with Crippen molar-refractivity contribution >= 4 is 0 Å². The van der Waals surface area contributed by atoms with Crippen LogP contribution >= 0.6 is 0 Å². The molecule has 2 aromatic carbocycles. The Labute approximate surface area is 199 Å². The van der Waals surface area contributed by atoms with Crippen LogP contribution in [0.4, 0.5) is 0 Å². The third kappa shape index (κ3) is 6.01. The third-order valence-corrected chi connectivity index (χ3v) is 7.58. The molecule has 2 unspecified atom stereocenters. The van der Waals surface area contributed by atoms with E-state index in [1.54, 1.807) is 21.3 Å². The van der Waals surface area contributed by atoms with Crippen LogP contribution in [0.2, 0.25) is 0 Å². The van der Waals surface area contributed by atoms with E-state index >= 15 is 0 Å². The first kappa shape index (κ1) is 23.9. The molecule has 180 valence electrons. The van der Waals surface area contributed by atoms with Gasteiger partial charge >= 0.3 is 0 Å². The number of likely N-dealkylation sites (tertiary alicyclic amines) is 1. The van der Waals surface area contributed by atoms with Gasteiger partial charge in [0.25, 0.3) is 0 Å². The Morgan fingerprint density at radius 2 is 1.55 bits per heavy atom. The summed E-state index contributed by atoms with van der Waals surface area (Å²) in [7, 11) is 7.52. The van der Waals surface area contributed by atoms with Gasteiger partial charge in [-0.1, -0.05) is 31.4 Å². The molecule has 2 aliphatic rings. The van der Waals surface area contributed by atoms with Crippen molar-refractivity contribution in [2.24, 2.45) is 5.92 Å². The third-order valence-electron chi connectivity index (χ3n) is 7.58. The van der Waals surface area contributed by atoms with Crippen molar-refractivity contribution in [2.75, 3.05) is 48.0 Å². The minimum absolute atomic E-state index is 0.499. The number of hydrogen-bond donors (Lipinski definition) is 0. The molecule has 0 amide bonds. The molecule has 1 saturated carbocycles. The summed E-state index contributed by atoms with van der Waals surface area (Å²) < 4.78 is 16.5. The maximum absolute atomic E-state index is 5.55. The van der Waals surface area contributed by atoms with Gasteiger partial charge in [0.1, 0.15) is 17.2 Å². The lowest BCUT2D eigenvalue weighted by Gasteiger charge is -2.34. The number of nitrogens with zero attached hydrogens (tertiary/aromatic N) is 2. The van der Waals surface area contributed by atoms with Crippen LogP contribution in [-0.4, -0.2) is 63.9 Å². The maximum Gasteiger partial charge on any atom is 0.122 e. The van der Waals surface area contributed by atoms with Gasteiger partial charge in [-0.15, -0.1) is 0 Å². The molecule has 2 atom stereocenters. The highest BCUT2D eigenvalue weighted by Gasteiger charge is 2.35. The first-order valence-electron chi connectivity index (χ1n) is 12.4. The van der Waals surface area contributed by atoms with Gasteiger partial charge in [-0.05, 0) is 61.2 Å². The lowest BCUT2D eigenvalue weighted by molar-refractivity contribution is 0.162. The van der Waals surface area contributed by atoms with Gasteiger partial charge < -0.3 is 19.1 Å². The lowest BCUT2D eigenvalue weighted by Crippen LogP contribution is -2.38. The Balaban J connectivity index is 1.52. The van der Waals surface area contributed by atoms with Crippen LogP contribution in [0.25, 0.3) is 0 Å². The maximum atomic E-state index is 5.55. The van der Waals surface area contributed by atoms with E-state index in [1.165, 1.54) is 43.2 Å². The molecular formula is C28H40N2O3. The fraction of sp³-hybridized carbons (Fsp3) is 0.571. The quantitative estimate of drug-likeness (QED) is 0.523. The smallest absolute Gasteiger partial charge is 0.122 e. The molecule has 1 saturated heterocycles. The summed E-state index contributed by atoms with van der Waals surface area (Å²) in [5.74, 6) is 3.74. The molecule has 5 nitrogen and oxygen atoms in total. The van der Waals surface area contributed by atoms with Crippen molar-refractivity contribution in [1.82, 2.24) is 9.80 Å². The first-order valence-corrected chi connectivity index (χ1v) is 12.4. The monoisotopic (exact) mass is 452 g/mol. The predicted molar refractivity (Wildman–Crippen MR) is 134 cm³/mol. The molecule has 0 radical (unpaired) electrons. The van der Waals surface area contributed by atoms with E-state index in [4.69, 9.17) is 14.2 Å². The summed E-state index contributed by atoms with van der Waals surface area (Å²) in [6, 6.07) is 15.6. The Bertz CT molecular complexity index is 874.